The molecular formula is C18H15F3N2O4S. The topological polar surface area (TPSA) is 91.7 Å². The predicted octanol–water partition coefficient (Wildman–Crippen LogP) is 2.91. The maximum atomic E-state index is 12.4. The number of hydrogen-bond acceptors (Lipinski definition) is 6. The van der Waals surface area contributed by atoms with Crippen LogP contribution in [-0.4, -0.2) is 33.6 Å². The molecule has 0 fully saturated rings. The van der Waals surface area contributed by atoms with Crippen molar-refractivity contribution in [3.05, 3.63) is 59.1 Å². The van der Waals surface area contributed by atoms with Gasteiger partial charge in [-0.1, -0.05) is 30.3 Å². The first-order valence-corrected chi connectivity index (χ1v) is 8.89. The minimum absolute atomic E-state index is 0.0647. The lowest BCUT2D eigenvalue weighted by Gasteiger charge is -2.17. The molecule has 2 aromatic carbocycles. The maximum absolute atomic E-state index is 12.4. The third kappa shape index (κ3) is 4.77. The molecule has 28 heavy (non-hydrogen) atoms. The maximum Gasteiger partial charge on any atom is 0.573 e. The Morgan fingerprint density at radius 1 is 1.14 bits per heavy atom. The molecular weight excluding hydrogens is 397 g/mol. The van der Waals surface area contributed by atoms with Crippen molar-refractivity contribution < 1.29 is 32.9 Å². The van der Waals surface area contributed by atoms with E-state index in [1.54, 1.807) is 24.3 Å². The summed E-state index contributed by atoms with van der Waals surface area (Å²) in [6.07, 6.45) is -8.28. The normalized spacial score (nSPS) is 13.9. The van der Waals surface area contributed by atoms with Crippen molar-refractivity contribution in [2.45, 2.75) is 25.1 Å². The molecule has 10 heteroatoms. The molecule has 0 aliphatic carbocycles. The van der Waals surface area contributed by atoms with Gasteiger partial charge in [0.1, 0.15) is 16.9 Å². The van der Waals surface area contributed by atoms with Crippen molar-refractivity contribution >= 4 is 27.5 Å². The Labute approximate surface area is 161 Å². The summed E-state index contributed by atoms with van der Waals surface area (Å²) < 4.78 is 42.0. The molecule has 1 amide bonds. The van der Waals surface area contributed by atoms with E-state index in [0.717, 1.165) is 22.1 Å². The summed E-state index contributed by atoms with van der Waals surface area (Å²) in [5.74, 6) is -1.41. The number of nitrogens with one attached hydrogen (secondary N) is 1. The molecule has 0 aliphatic heterocycles. The van der Waals surface area contributed by atoms with Gasteiger partial charge in [0.15, 0.2) is 6.10 Å². The molecule has 1 heterocycles. The lowest BCUT2D eigenvalue weighted by atomic mass is 10.1. The summed E-state index contributed by atoms with van der Waals surface area (Å²) in [6.45, 7) is -0.325. The number of fused-ring (bicyclic) bond motifs is 1. The standard InChI is InChI=1S/C18H15F3N2O4S/c19-18(20,21)27-12-7-3-1-5-10(12)9-22-16(26)14(24)15(25)17-23-11-6-2-4-8-13(11)28-17/h1-8,14-15,24-25H,9H2,(H,22,26). The summed E-state index contributed by atoms with van der Waals surface area (Å²) in [5, 5.41) is 22.8. The van der Waals surface area contributed by atoms with Gasteiger partial charge in [0, 0.05) is 12.1 Å². The van der Waals surface area contributed by atoms with Gasteiger partial charge >= 0.3 is 6.36 Å². The number of aliphatic hydroxyl groups excluding tert-OH is 2. The van der Waals surface area contributed by atoms with E-state index in [0.29, 0.717) is 5.52 Å². The Bertz CT molecular complexity index is 944. The molecule has 2 unspecified atom stereocenters. The number of carbonyl (C=O) groups excluding carboxylic acids is 1. The molecule has 0 bridgehead atoms. The number of amides is 1. The van der Waals surface area contributed by atoms with Crippen LogP contribution in [0.2, 0.25) is 0 Å². The van der Waals surface area contributed by atoms with Crippen molar-refractivity contribution in [2.24, 2.45) is 0 Å². The summed E-state index contributed by atoms with van der Waals surface area (Å²) in [6, 6.07) is 12.4. The zero-order chi connectivity index (χ0) is 20.3. The van der Waals surface area contributed by atoms with Gasteiger partial charge in [-0.15, -0.1) is 24.5 Å². The van der Waals surface area contributed by atoms with E-state index in [9.17, 15) is 28.2 Å². The van der Waals surface area contributed by atoms with Crippen molar-refractivity contribution in [1.29, 1.82) is 0 Å². The van der Waals surface area contributed by atoms with Gasteiger partial charge in [-0.25, -0.2) is 4.98 Å². The fourth-order valence-corrected chi connectivity index (χ4v) is 3.44. The summed E-state index contributed by atoms with van der Waals surface area (Å²) in [5.41, 5.74) is 0.683. The van der Waals surface area contributed by atoms with Crippen LogP contribution in [0.5, 0.6) is 5.75 Å². The average Bonchev–Trinajstić information content (AvgIpc) is 3.09. The van der Waals surface area contributed by atoms with Gasteiger partial charge in [-0.05, 0) is 18.2 Å². The number of hydrogen-bond donors (Lipinski definition) is 3. The highest BCUT2D eigenvalue weighted by molar-refractivity contribution is 7.18. The van der Waals surface area contributed by atoms with Gasteiger partial charge in [0.05, 0.1) is 10.2 Å². The Balaban J connectivity index is 1.66. The number of rotatable bonds is 6. The van der Waals surface area contributed by atoms with E-state index in [1.165, 1.54) is 18.2 Å². The molecule has 3 N–H and O–H groups in total. The zero-order valence-corrected chi connectivity index (χ0v) is 15.0. The largest absolute Gasteiger partial charge is 0.573 e. The van der Waals surface area contributed by atoms with Crippen LogP contribution in [0.25, 0.3) is 10.2 Å². The molecule has 0 saturated heterocycles. The first-order chi connectivity index (χ1) is 13.2. The number of halogens is 3. The number of benzene rings is 2. The third-order valence-corrected chi connectivity index (χ3v) is 4.89. The van der Waals surface area contributed by atoms with E-state index >= 15 is 0 Å². The third-order valence-electron chi connectivity index (χ3n) is 3.78. The predicted molar refractivity (Wildman–Crippen MR) is 95.6 cm³/mol. The average molecular weight is 412 g/mol. The molecule has 0 spiro atoms. The van der Waals surface area contributed by atoms with Gasteiger partial charge < -0.3 is 20.3 Å². The Kier molecular flexibility index (Phi) is 5.82. The van der Waals surface area contributed by atoms with Crippen molar-refractivity contribution in [3.63, 3.8) is 0 Å². The zero-order valence-electron chi connectivity index (χ0n) is 14.2. The Morgan fingerprint density at radius 2 is 1.82 bits per heavy atom. The number of aromatic nitrogens is 1. The first-order valence-electron chi connectivity index (χ1n) is 8.07. The highest BCUT2D eigenvalue weighted by Gasteiger charge is 2.32. The van der Waals surface area contributed by atoms with Crippen LogP contribution >= 0.6 is 11.3 Å². The molecule has 1 aromatic heterocycles. The first kappa shape index (κ1) is 20.1. The van der Waals surface area contributed by atoms with Gasteiger partial charge in [-0.3, -0.25) is 4.79 Å². The summed E-state index contributed by atoms with van der Waals surface area (Å²) in [7, 11) is 0. The van der Waals surface area contributed by atoms with Crippen LogP contribution in [0, 0.1) is 0 Å². The summed E-state index contributed by atoms with van der Waals surface area (Å²) >= 11 is 1.13. The van der Waals surface area contributed by atoms with Gasteiger partial charge in [0.25, 0.3) is 5.91 Å². The second-order valence-electron chi connectivity index (χ2n) is 5.78. The lowest BCUT2D eigenvalue weighted by Crippen LogP contribution is -2.38. The Hall–Kier alpha value is -2.69. The number of para-hydroxylation sites is 2. The van der Waals surface area contributed by atoms with Crippen LogP contribution in [0.15, 0.2) is 48.5 Å². The fraction of sp³-hybridized carbons (Fsp3) is 0.222. The molecule has 0 radical (unpaired) electrons. The van der Waals surface area contributed by atoms with Crippen LogP contribution in [-0.2, 0) is 11.3 Å². The summed E-state index contributed by atoms with van der Waals surface area (Å²) in [4.78, 5) is 16.3. The molecule has 3 rings (SSSR count). The highest BCUT2D eigenvalue weighted by Crippen LogP contribution is 2.29. The SMILES string of the molecule is O=C(NCc1ccccc1OC(F)(F)F)C(O)C(O)c1nc2ccccc2s1. The van der Waals surface area contributed by atoms with E-state index in [-0.39, 0.29) is 17.1 Å². The monoisotopic (exact) mass is 412 g/mol. The number of nitrogens with zero attached hydrogens (tertiary/aromatic N) is 1. The molecule has 3 aromatic rings. The van der Waals surface area contributed by atoms with Crippen LogP contribution in [0.3, 0.4) is 0 Å². The Morgan fingerprint density at radius 3 is 2.54 bits per heavy atom. The number of aliphatic hydroxyl groups is 2. The molecule has 2 atom stereocenters. The van der Waals surface area contributed by atoms with E-state index in [2.05, 4.69) is 15.0 Å². The smallest absolute Gasteiger partial charge is 0.405 e. The second kappa shape index (κ2) is 8.13. The van der Waals surface area contributed by atoms with E-state index < -0.39 is 30.2 Å². The van der Waals surface area contributed by atoms with Crippen LogP contribution in [0.1, 0.15) is 16.7 Å². The molecule has 0 saturated carbocycles. The number of ether oxygens (including phenoxy) is 1. The second-order valence-corrected chi connectivity index (χ2v) is 6.85. The van der Waals surface area contributed by atoms with Crippen LogP contribution < -0.4 is 10.1 Å². The fourth-order valence-electron chi connectivity index (χ4n) is 2.46. The molecule has 148 valence electrons. The quantitative estimate of drug-likeness (QED) is 0.579. The van der Waals surface area contributed by atoms with Gasteiger partial charge in [-0.2, -0.15) is 0 Å². The number of carbonyl (C=O) groups is 1. The van der Waals surface area contributed by atoms with Crippen molar-refractivity contribution in [2.75, 3.05) is 0 Å². The van der Waals surface area contributed by atoms with Gasteiger partial charge in [0.2, 0.25) is 0 Å². The van der Waals surface area contributed by atoms with Crippen LogP contribution in [0.4, 0.5) is 13.2 Å². The lowest BCUT2D eigenvalue weighted by molar-refractivity contribution is -0.274. The molecule has 0 aliphatic rings. The van der Waals surface area contributed by atoms with E-state index in [1.807, 2.05) is 0 Å². The van der Waals surface area contributed by atoms with E-state index in [4.69, 9.17) is 0 Å². The molecule has 6 nitrogen and oxygen atoms in total. The number of alkyl halides is 3. The minimum atomic E-state index is -4.87. The minimum Gasteiger partial charge on any atom is -0.405 e. The van der Waals surface area contributed by atoms with Crippen molar-refractivity contribution in [1.82, 2.24) is 10.3 Å². The number of thiazole rings is 1. The highest BCUT2D eigenvalue weighted by atomic mass is 32.1. The van der Waals surface area contributed by atoms with Crippen molar-refractivity contribution in [3.8, 4) is 5.75 Å².